The lowest BCUT2D eigenvalue weighted by Gasteiger charge is -2.39. The van der Waals surface area contributed by atoms with Gasteiger partial charge in [-0.1, -0.05) is 34.1 Å². The van der Waals surface area contributed by atoms with E-state index in [1.807, 2.05) is 0 Å². The summed E-state index contributed by atoms with van der Waals surface area (Å²) in [7, 11) is 0. The van der Waals surface area contributed by atoms with Gasteiger partial charge in [0.2, 0.25) is 0 Å². The standard InChI is InChI=1S/C16H33NO2/c1-5-6-11-19-13-15(18)12-17-9-7-14(8-10-17)16(2,3)4/h14-15,18H,5-13H2,1-4H3. The van der Waals surface area contributed by atoms with Crippen LogP contribution in [-0.4, -0.2) is 49.0 Å². The van der Waals surface area contributed by atoms with Crippen LogP contribution in [0.3, 0.4) is 0 Å². The third kappa shape index (κ3) is 6.73. The monoisotopic (exact) mass is 271 g/mol. The Morgan fingerprint density at radius 3 is 2.42 bits per heavy atom. The Hall–Kier alpha value is -0.120. The predicted octanol–water partition coefficient (Wildman–Crippen LogP) is 2.92. The number of unbranched alkanes of at least 4 members (excludes halogenated alkanes) is 1. The summed E-state index contributed by atoms with van der Waals surface area (Å²) < 4.78 is 5.48. The molecule has 1 atom stereocenters. The second-order valence-corrected chi connectivity index (χ2v) is 7.02. The Balaban J connectivity index is 2.14. The molecule has 3 nitrogen and oxygen atoms in total. The molecule has 1 N–H and O–H groups in total. The van der Waals surface area contributed by atoms with Gasteiger partial charge in [0, 0.05) is 13.2 Å². The number of hydrogen-bond donors (Lipinski definition) is 1. The van der Waals surface area contributed by atoms with Crippen molar-refractivity contribution >= 4 is 0 Å². The normalized spacial score (nSPS) is 20.7. The van der Waals surface area contributed by atoms with Gasteiger partial charge in [0.05, 0.1) is 12.7 Å². The first kappa shape index (κ1) is 16.9. The van der Waals surface area contributed by atoms with E-state index in [1.165, 1.54) is 12.8 Å². The molecule has 1 heterocycles. The van der Waals surface area contributed by atoms with Gasteiger partial charge in [0.25, 0.3) is 0 Å². The molecule has 3 heteroatoms. The molecule has 0 radical (unpaired) electrons. The fourth-order valence-electron chi connectivity index (χ4n) is 2.80. The first-order valence-corrected chi connectivity index (χ1v) is 7.91. The van der Waals surface area contributed by atoms with E-state index in [-0.39, 0.29) is 6.10 Å². The topological polar surface area (TPSA) is 32.7 Å². The van der Waals surface area contributed by atoms with Crippen LogP contribution in [0.25, 0.3) is 0 Å². The van der Waals surface area contributed by atoms with E-state index >= 15 is 0 Å². The minimum Gasteiger partial charge on any atom is -0.389 e. The highest BCUT2D eigenvalue weighted by molar-refractivity contribution is 4.81. The molecule has 0 amide bonds. The van der Waals surface area contributed by atoms with E-state index < -0.39 is 0 Å². The zero-order chi connectivity index (χ0) is 14.3. The summed E-state index contributed by atoms with van der Waals surface area (Å²) in [6, 6.07) is 0. The smallest absolute Gasteiger partial charge is 0.0900 e. The average Bonchev–Trinajstić information content (AvgIpc) is 2.34. The van der Waals surface area contributed by atoms with Crippen LogP contribution in [0.5, 0.6) is 0 Å². The van der Waals surface area contributed by atoms with Crippen molar-refractivity contribution in [3.63, 3.8) is 0 Å². The molecule has 1 unspecified atom stereocenters. The van der Waals surface area contributed by atoms with E-state index in [4.69, 9.17) is 4.74 Å². The summed E-state index contributed by atoms with van der Waals surface area (Å²) in [5.74, 6) is 0.821. The van der Waals surface area contributed by atoms with Crippen molar-refractivity contribution in [2.45, 2.75) is 59.5 Å². The summed E-state index contributed by atoms with van der Waals surface area (Å²) in [6.07, 6.45) is 4.42. The van der Waals surface area contributed by atoms with Crippen molar-refractivity contribution in [2.75, 3.05) is 32.8 Å². The third-order valence-electron chi connectivity index (χ3n) is 4.23. The summed E-state index contributed by atoms with van der Waals surface area (Å²) in [6.45, 7) is 13.4. The molecule has 1 rings (SSSR count). The van der Waals surface area contributed by atoms with Gasteiger partial charge in [-0.3, -0.25) is 0 Å². The number of nitrogens with zero attached hydrogens (tertiary/aromatic N) is 1. The number of ether oxygens (including phenoxy) is 1. The number of aliphatic hydroxyl groups excluding tert-OH is 1. The lowest BCUT2D eigenvalue weighted by Crippen LogP contribution is -2.42. The quantitative estimate of drug-likeness (QED) is 0.723. The predicted molar refractivity (Wildman–Crippen MR) is 80.4 cm³/mol. The molecular weight excluding hydrogens is 238 g/mol. The molecular formula is C16H33NO2. The molecule has 0 aromatic carbocycles. The number of aliphatic hydroxyl groups is 1. The largest absolute Gasteiger partial charge is 0.389 e. The van der Waals surface area contributed by atoms with Crippen LogP contribution in [0.4, 0.5) is 0 Å². The number of rotatable bonds is 7. The second-order valence-electron chi connectivity index (χ2n) is 7.02. The fraction of sp³-hybridized carbons (Fsp3) is 1.00. The molecule has 1 aliphatic heterocycles. The highest BCUT2D eigenvalue weighted by Gasteiger charge is 2.29. The maximum absolute atomic E-state index is 9.96. The molecule has 0 aliphatic carbocycles. The van der Waals surface area contributed by atoms with Crippen LogP contribution in [0.1, 0.15) is 53.4 Å². The number of β-amino-alcohol motifs (C(OH)–C–C–N with tert-alkyl or cyclic N) is 1. The van der Waals surface area contributed by atoms with Gasteiger partial charge in [0.15, 0.2) is 0 Å². The first-order chi connectivity index (χ1) is 8.93. The van der Waals surface area contributed by atoms with Gasteiger partial charge >= 0.3 is 0 Å². The Bertz CT molecular complexity index is 229. The first-order valence-electron chi connectivity index (χ1n) is 7.91. The molecule has 19 heavy (non-hydrogen) atoms. The van der Waals surface area contributed by atoms with E-state index in [2.05, 4.69) is 32.6 Å². The van der Waals surface area contributed by atoms with Gasteiger partial charge in [-0.25, -0.2) is 0 Å². The van der Waals surface area contributed by atoms with Gasteiger partial charge in [-0.15, -0.1) is 0 Å². The minimum atomic E-state index is -0.331. The molecule has 0 saturated carbocycles. The highest BCUT2D eigenvalue weighted by Crippen LogP contribution is 2.34. The average molecular weight is 271 g/mol. The molecule has 1 fully saturated rings. The van der Waals surface area contributed by atoms with Crippen LogP contribution >= 0.6 is 0 Å². The van der Waals surface area contributed by atoms with Crippen LogP contribution in [0.2, 0.25) is 0 Å². The van der Waals surface area contributed by atoms with Crippen LogP contribution in [-0.2, 0) is 4.74 Å². The lowest BCUT2D eigenvalue weighted by atomic mass is 9.75. The van der Waals surface area contributed by atoms with E-state index in [0.29, 0.717) is 12.0 Å². The summed E-state index contributed by atoms with van der Waals surface area (Å²) in [5, 5.41) is 9.96. The lowest BCUT2D eigenvalue weighted by molar-refractivity contribution is 0.00506. The Kier molecular flexibility index (Phi) is 7.33. The maximum atomic E-state index is 9.96. The molecule has 0 spiro atoms. The summed E-state index contributed by atoms with van der Waals surface area (Å²) in [5.41, 5.74) is 0.425. The van der Waals surface area contributed by atoms with Crippen LogP contribution in [0, 0.1) is 11.3 Å². The molecule has 114 valence electrons. The molecule has 1 saturated heterocycles. The van der Waals surface area contributed by atoms with Crippen LogP contribution in [0.15, 0.2) is 0 Å². The zero-order valence-corrected chi connectivity index (χ0v) is 13.3. The maximum Gasteiger partial charge on any atom is 0.0900 e. The van der Waals surface area contributed by atoms with Gasteiger partial charge in [0.1, 0.15) is 0 Å². The zero-order valence-electron chi connectivity index (χ0n) is 13.3. The van der Waals surface area contributed by atoms with Crippen molar-refractivity contribution in [3.8, 4) is 0 Å². The van der Waals surface area contributed by atoms with Gasteiger partial charge < -0.3 is 14.7 Å². The second kappa shape index (κ2) is 8.23. The minimum absolute atomic E-state index is 0.331. The molecule has 0 aromatic heterocycles. The van der Waals surface area contributed by atoms with Crippen LogP contribution < -0.4 is 0 Å². The van der Waals surface area contributed by atoms with E-state index in [9.17, 15) is 5.11 Å². The third-order valence-corrected chi connectivity index (χ3v) is 4.23. The fourth-order valence-corrected chi connectivity index (χ4v) is 2.80. The number of hydrogen-bond acceptors (Lipinski definition) is 3. The molecule has 0 aromatic rings. The Labute approximate surface area is 119 Å². The van der Waals surface area contributed by atoms with Gasteiger partial charge in [-0.2, -0.15) is 0 Å². The highest BCUT2D eigenvalue weighted by atomic mass is 16.5. The summed E-state index contributed by atoms with van der Waals surface area (Å²) >= 11 is 0. The van der Waals surface area contributed by atoms with Crippen molar-refractivity contribution in [1.29, 1.82) is 0 Å². The van der Waals surface area contributed by atoms with Crippen molar-refractivity contribution in [2.24, 2.45) is 11.3 Å². The Morgan fingerprint density at radius 2 is 1.89 bits per heavy atom. The SMILES string of the molecule is CCCCOCC(O)CN1CCC(C(C)(C)C)CC1. The molecule has 1 aliphatic rings. The number of piperidine rings is 1. The summed E-state index contributed by atoms with van der Waals surface area (Å²) in [4.78, 5) is 2.39. The number of likely N-dealkylation sites (tertiary alicyclic amines) is 1. The van der Waals surface area contributed by atoms with Gasteiger partial charge in [-0.05, 0) is 43.7 Å². The van der Waals surface area contributed by atoms with Crippen molar-refractivity contribution in [1.82, 2.24) is 4.90 Å². The van der Waals surface area contributed by atoms with Crippen molar-refractivity contribution in [3.05, 3.63) is 0 Å². The van der Waals surface area contributed by atoms with E-state index in [1.54, 1.807) is 0 Å². The molecule has 0 bridgehead atoms. The van der Waals surface area contributed by atoms with E-state index in [0.717, 1.165) is 45.0 Å². The van der Waals surface area contributed by atoms with Crippen molar-refractivity contribution < 1.29 is 9.84 Å². The Morgan fingerprint density at radius 1 is 1.26 bits per heavy atom.